The van der Waals surface area contributed by atoms with Crippen molar-refractivity contribution in [2.45, 2.75) is 26.9 Å². The molecule has 0 unspecified atom stereocenters. The molecule has 27 heavy (non-hydrogen) atoms. The molecule has 140 valence electrons. The number of benzene rings is 2. The smallest absolute Gasteiger partial charge is 0.324 e. The van der Waals surface area contributed by atoms with Crippen molar-refractivity contribution in [3.8, 4) is 11.1 Å². The van der Waals surface area contributed by atoms with Crippen LogP contribution in [0.15, 0.2) is 54.7 Å². The van der Waals surface area contributed by atoms with Crippen LogP contribution in [0, 0.1) is 5.41 Å². The number of alkyl halides is 3. The monoisotopic (exact) mass is 372 g/mol. The standard InChI is InChI=1S/C21H19F3N2O/c1-20(2,3)19(27)26-17-11-10-15(16-5-4-12-25-18(16)17)13-6-8-14(9-7-13)21(22,23)24/h4-12H,1-3H3,(H,26,27). The number of fused-ring (bicyclic) bond motifs is 1. The summed E-state index contributed by atoms with van der Waals surface area (Å²) in [5.41, 5.74) is 1.31. The number of nitrogens with one attached hydrogen (secondary N) is 1. The minimum Gasteiger partial charge on any atom is -0.324 e. The molecule has 1 heterocycles. The van der Waals surface area contributed by atoms with E-state index in [-0.39, 0.29) is 5.91 Å². The zero-order chi connectivity index (χ0) is 19.8. The van der Waals surface area contributed by atoms with E-state index in [4.69, 9.17) is 0 Å². The number of hydrogen-bond acceptors (Lipinski definition) is 2. The van der Waals surface area contributed by atoms with Gasteiger partial charge in [-0.3, -0.25) is 9.78 Å². The lowest BCUT2D eigenvalue weighted by atomic mass is 9.95. The highest BCUT2D eigenvalue weighted by Gasteiger charge is 2.30. The van der Waals surface area contributed by atoms with Crippen LogP contribution >= 0.6 is 0 Å². The number of aromatic nitrogens is 1. The average molecular weight is 372 g/mol. The molecule has 0 bridgehead atoms. The van der Waals surface area contributed by atoms with E-state index in [9.17, 15) is 18.0 Å². The van der Waals surface area contributed by atoms with Gasteiger partial charge in [-0.15, -0.1) is 0 Å². The molecule has 0 fully saturated rings. The number of hydrogen-bond donors (Lipinski definition) is 1. The number of carbonyl (C=O) groups excluding carboxylic acids is 1. The molecule has 0 aliphatic rings. The van der Waals surface area contributed by atoms with Gasteiger partial charge in [0.15, 0.2) is 0 Å². The number of anilines is 1. The Kier molecular flexibility index (Phi) is 4.68. The van der Waals surface area contributed by atoms with E-state index in [0.29, 0.717) is 16.8 Å². The minimum absolute atomic E-state index is 0.142. The normalized spacial score (nSPS) is 12.2. The van der Waals surface area contributed by atoms with Gasteiger partial charge in [-0.2, -0.15) is 13.2 Å². The largest absolute Gasteiger partial charge is 0.416 e. The van der Waals surface area contributed by atoms with Gasteiger partial charge < -0.3 is 5.32 Å². The first kappa shape index (κ1) is 18.9. The minimum atomic E-state index is -4.37. The highest BCUT2D eigenvalue weighted by molar-refractivity contribution is 6.06. The average Bonchev–Trinajstić information content (AvgIpc) is 2.60. The van der Waals surface area contributed by atoms with E-state index in [0.717, 1.165) is 23.1 Å². The molecule has 6 heteroatoms. The van der Waals surface area contributed by atoms with Crippen molar-refractivity contribution in [2.24, 2.45) is 5.41 Å². The maximum atomic E-state index is 12.8. The summed E-state index contributed by atoms with van der Waals surface area (Å²) in [5.74, 6) is -0.142. The molecule has 3 rings (SSSR count). The molecule has 1 N–H and O–H groups in total. The van der Waals surface area contributed by atoms with Crippen molar-refractivity contribution in [2.75, 3.05) is 5.32 Å². The summed E-state index contributed by atoms with van der Waals surface area (Å²) in [6.07, 6.45) is -2.76. The first-order chi connectivity index (χ1) is 12.6. The fourth-order valence-electron chi connectivity index (χ4n) is 2.67. The molecular formula is C21H19F3N2O. The molecule has 3 nitrogen and oxygen atoms in total. The first-order valence-corrected chi connectivity index (χ1v) is 8.44. The van der Waals surface area contributed by atoms with Crippen LogP contribution in [0.2, 0.25) is 0 Å². The number of rotatable bonds is 2. The summed E-state index contributed by atoms with van der Waals surface area (Å²) < 4.78 is 38.4. The van der Waals surface area contributed by atoms with Crippen LogP contribution in [0.3, 0.4) is 0 Å². The van der Waals surface area contributed by atoms with Crippen LogP contribution in [-0.2, 0) is 11.0 Å². The summed E-state index contributed by atoms with van der Waals surface area (Å²) in [6, 6.07) is 12.1. The number of carbonyl (C=O) groups is 1. The fraction of sp³-hybridized carbons (Fsp3) is 0.238. The van der Waals surface area contributed by atoms with Crippen molar-refractivity contribution < 1.29 is 18.0 Å². The van der Waals surface area contributed by atoms with Crippen LogP contribution < -0.4 is 5.32 Å². The third kappa shape index (κ3) is 3.94. The van der Waals surface area contributed by atoms with Gasteiger partial charge in [-0.25, -0.2) is 0 Å². The summed E-state index contributed by atoms with van der Waals surface area (Å²) >= 11 is 0. The van der Waals surface area contributed by atoms with Gasteiger partial charge >= 0.3 is 6.18 Å². The second kappa shape index (κ2) is 6.68. The van der Waals surface area contributed by atoms with E-state index in [1.165, 1.54) is 12.1 Å². The molecule has 3 aromatic rings. The summed E-state index contributed by atoms with van der Waals surface area (Å²) in [4.78, 5) is 16.7. The number of halogens is 3. The Morgan fingerprint density at radius 3 is 2.22 bits per heavy atom. The third-order valence-electron chi connectivity index (χ3n) is 4.22. The van der Waals surface area contributed by atoms with Gasteiger partial charge in [0, 0.05) is 17.0 Å². The third-order valence-corrected chi connectivity index (χ3v) is 4.22. The van der Waals surface area contributed by atoms with E-state index >= 15 is 0 Å². The second-order valence-electron chi connectivity index (χ2n) is 7.34. The number of nitrogens with zero attached hydrogens (tertiary/aromatic N) is 1. The summed E-state index contributed by atoms with van der Waals surface area (Å²) in [5, 5.41) is 3.64. The van der Waals surface area contributed by atoms with Crippen LogP contribution in [0.5, 0.6) is 0 Å². The Labute approximate surface area is 155 Å². The van der Waals surface area contributed by atoms with E-state index in [1.54, 1.807) is 24.4 Å². The highest BCUT2D eigenvalue weighted by atomic mass is 19.4. The maximum Gasteiger partial charge on any atom is 0.416 e. The Hall–Kier alpha value is -2.89. The highest BCUT2D eigenvalue weighted by Crippen LogP contribution is 2.35. The van der Waals surface area contributed by atoms with Gasteiger partial charge in [0.25, 0.3) is 0 Å². The van der Waals surface area contributed by atoms with Crippen LogP contribution in [-0.4, -0.2) is 10.9 Å². The molecule has 0 atom stereocenters. The molecular weight excluding hydrogens is 353 g/mol. The molecule has 0 aliphatic heterocycles. The van der Waals surface area contributed by atoms with Crippen LogP contribution in [0.4, 0.5) is 18.9 Å². The molecule has 0 saturated heterocycles. The zero-order valence-electron chi connectivity index (χ0n) is 15.2. The lowest BCUT2D eigenvalue weighted by Crippen LogP contribution is -2.27. The summed E-state index contributed by atoms with van der Waals surface area (Å²) in [6.45, 7) is 5.44. The van der Waals surface area contributed by atoms with Gasteiger partial charge in [0.05, 0.1) is 16.8 Å². The SMILES string of the molecule is CC(C)(C)C(=O)Nc1ccc(-c2ccc(C(F)(F)F)cc2)c2cccnc12. The van der Waals surface area contributed by atoms with Crippen molar-refractivity contribution in [1.82, 2.24) is 4.98 Å². The molecule has 0 saturated carbocycles. The fourth-order valence-corrected chi connectivity index (χ4v) is 2.67. The van der Waals surface area contributed by atoms with Crippen LogP contribution in [0.1, 0.15) is 26.3 Å². The molecule has 1 aromatic heterocycles. The van der Waals surface area contributed by atoms with Crippen molar-refractivity contribution in [1.29, 1.82) is 0 Å². The van der Waals surface area contributed by atoms with Crippen molar-refractivity contribution in [3.63, 3.8) is 0 Å². The quantitative estimate of drug-likeness (QED) is 0.608. The summed E-state index contributed by atoms with van der Waals surface area (Å²) in [7, 11) is 0. The molecule has 1 amide bonds. The molecule has 2 aromatic carbocycles. The van der Waals surface area contributed by atoms with Gasteiger partial charge in [0.2, 0.25) is 5.91 Å². The predicted octanol–water partition coefficient (Wildman–Crippen LogP) is 5.91. The Bertz CT molecular complexity index is 987. The van der Waals surface area contributed by atoms with E-state index < -0.39 is 17.2 Å². The van der Waals surface area contributed by atoms with E-state index in [1.807, 2.05) is 26.8 Å². The van der Waals surface area contributed by atoms with Gasteiger partial charge in [0.1, 0.15) is 0 Å². The Morgan fingerprint density at radius 2 is 1.63 bits per heavy atom. The number of pyridine rings is 1. The van der Waals surface area contributed by atoms with E-state index in [2.05, 4.69) is 10.3 Å². The molecule has 0 radical (unpaired) electrons. The second-order valence-corrected chi connectivity index (χ2v) is 7.34. The lowest BCUT2D eigenvalue weighted by Gasteiger charge is -2.19. The van der Waals surface area contributed by atoms with Gasteiger partial charge in [-0.1, -0.05) is 45.0 Å². The van der Waals surface area contributed by atoms with Crippen LogP contribution in [0.25, 0.3) is 22.0 Å². The number of amides is 1. The topological polar surface area (TPSA) is 42.0 Å². The zero-order valence-corrected chi connectivity index (χ0v) is 15.2. The predicted molar refractivity (Wildman–Crippen MR) is 100 cm³/mol. The Balaban J connectivity index is 2.06. The van der Waals surface area contributed by atoms with Gasteiger partial charge in [-0.05, 0) is 35.4 Å². The lowest BCUT2D eigenvalue weighted by molar-refractivity contribution is -0.137. The van der Waals surface area contributed by atoms with Crippen molar-refractivity contribution >= 4 is 22.5 Å². The maximum absolute atomic E-state index is 12.8. The first-order valence-electron chi connectivity index (χ1n) is 8.44. The molecule has 0 spiro atoms. The van der Waals surface area contributed by atoms with Crippen molar-refractivity contribution in [3.05, 3.63) is 60.3 Å². The molecule has 0 aliphatic carbocycles. The Morgan fingerprint density at radius 1 is 0.963 bits per heavy atom.